The molecule has 0 aliphatic carbocycles. The fourth-order valence-corrected chi connectivity index (χ4v) is 1.53. The van der Waals surface area contributed by atoms with Gasteiger partial charge in [-0.25, -0.2) is 0 Å². The van der Waals surface area contributed by atoms with Crippen LogP contribution in [0.3, 0.4) is 0 Å². The van der Waals surface area contributed by atoms with Crippen LogP contribution in [0.1, 0.15) is 6.92 Å². The first-order valence-electron chi connectivity index (χ1n) is 4.53. The van der Waals surface area contributed by atoms with Gasteiger partial charge in [-0.3, -0.25) is 4.79 Å². The Morgan fingerprint density at radius 2 is 2.20 bits per heavy atom. The first-order valence-corrected chi connectivity index (χ1v) is 5.89. The van der Waals surface area contributed by atoms with E-state index in [1.165, 1.54) is 17.8 Å². The Morgan fingerprint density at radius 3 is 2.80 bits per heavy atom. The van der Waals surface area contributed by atoms with Crippen LogP contribution in [-0.2, 0) is 9.53 Å². The van der Waals surface area contributed by atoms with Crippen molar-refractivity contribution in [3.63, 3.8) is 0 Å². The van der Waals surface area contributed by atoms with Gasteiger partial charge in [0.05, 0.1) is 6.61 Å². The summed E-state index contributed by atoms with van der Waals surface area (Å²) in [6.07, 6.45) is 8.41. The maximum Gasteiger partial charge on any atom is 0.212 e. The number of halogens is 1. The molecule has 0 atom stereocenters. The number of carbonyl (C=O) groups is 1. The van der Waals surface area contributed by atoms with Crippen molar-refractivity contribution in [3.05, 3.63) is 35.4 Å². The van der Waals surface area contributed by atoms with Crippen LogP contribution in [-0.4, -0.2) is 24.6 Å². The van der Waals surface area contributed by atoms with E-state index in [9.17, 15) is 4.79 Å². The number of carbonyl (C=O) groups excluding carboxylic acids is 1. The Balaban J connectivity index is 3.85. The van der Waals surface area contributed by atoms with Crippen molar-refractivity contribution in [2.75, 3.05) is 19.5 Å². The topological polar surface area (TPSA) is 26.3 Å². The molecule has 0 aliphatic heterocycles. The summed E-state index contributed by atoms with van der Waals surface area (Å²) in [6.45, 7) is 2.46. The molecule has 0 unspecified atom stereocenters. The first-order chi connectivity index (χ1) is 7.20. The van der Waals surface area contributed by atoms with E-state index in [-0.39, 0.29) is 5.12 Å². The minimum absolute atomic E-state index is 0.00763. The third-order valence-corrected chi connectivity index (χ3v) is 2.39. The number of thioether (sulfide) groups is 1. The molecule has 0 aromatic heterocycles. The van der Waals surface area contributed by atoms with Crippen LogP contribution in [0.2, 0.25) is 0 Å². The molecular formula is C11H15ClO2S. The molecule has 0 fully saturated rings. The molecule has 0 aromatic carbocycles. The standard InChI is InChI=1S/C11H15ClO2S/c1-3-5-10(12)6-4-7-11(13)15-9-8-14-2/h3-7H,8-9H2,1-2H3/b5-3-,7-4+,10-6+. The molecule has 0 rings (SSSR count). The largest absolute Gasteiger partial charge is 0.384 e. The Bertz CT molecular complexity index is 270. The van der Waals surface area contributed by atoms with E-state index in [0.717, 1.165) is 0 Å². The van der Waals surface area contributed by atoms with Crippen LogP contribution < -0.4 is 0 Å². The second-order valence-corrected chi connectivity index (χ2v) is 4.11. The summed E-state index contributed by atoms with van der Waals surface area (Å²) in [4.78, 5) is 11.2. The van der Waals surface area contributed by atoms with Crippen molar-refractivity contribution in [1.82, 2.24) is 0 Å². The molecule has 0 aliphatic rings. The fourth-order valence-electron chi connectivity index (χ4n) is 0.707. The van der Waals surface area contributed by atoms with Crippen LogP contribution >= 0.6 is 23.4 Å². The maximum atomic E-state index is 11.2. The summed E-state index contributed by atoms with van der Waals surface area (Å²) in [5.74, 6) is 0.673. The number of ether oxygens (including phenoxy) is 1. The van der Waals surface area contributed by atoms with Gasteiger partial charge in [0, 0.05) is 17.9 Å². The molecule has 4 heteroatoms. The molecule has 0 saturated carbocycles. The van der Waals surface area contributed by atoms with Gasteiger partial charge in [-0.15, -0.1) is 0 Å². The van der Waals surface area contributed by atoms with Crippen LogP contribution in [0, 0.1) is 0 Å². The lowest BCUT2D eigenvalue weighted by atomic mass is 10.4. The van der Waals surface area contributed by atoms with Gasteiger partial charge in [0.15, 0.2) is 0 Å². The van der Waals surface area contributed by atoms with Gasteiger partial charge in [0.1, 0.15) is 0 Å². The number of rotatable bonds is 6. The zero-order valence-electron chi connectivity index (χ0n) is 8.90. The van der Waals surface area contributed by atoms with E-state index >= 15 is 0 Å². The van der Waals surface area contributed by atoms with Crippen molar-refractivity contribution in [3.8, 4) is 0 Å². The van der Waals surface area contributed by atoms with Gasteiger partial charge in [0.25, 0.3) is 0 Å². The fraction of sp³-hybridized carbons (Fsp3) is 0.364. The van der Waals surface area contributed by atoms with Crippen molar-refractivity contribution < 1.29 is 9.53 Å². The summed E-state index contributed by atoms with van der Waals surface area (Å²) in [5, 5.41) is 0.608. The molecule has 84 valence electrons. The van der Waals surface area contributed by atoms with Crippen LogP contribution in [0.4, 0.5) is 0 Å². The van der Waals surface area contributed by atoms with E-state index in [2.05, 4.69) is 0 Å². The third-order valence-electron chi connectivity index (χ3n) is 1.35. The van der Waals surface area contributed by atoms with Crippen LogP contribution in [0.5, 0.6) is 0 Å². The Hall–Kier alpha value is -0.510. The first kappa shape index (κ1) is 14.5. The van der Waals surface area contributed by atoms with E-state index < -0.39 is 0 Å². The second-order valence-electron chi connectivity index (χ2n) is 2.57. The molecule has 2 nitrogen and oxygen atoms in total. The average Bonchev–Trinajstić information content (AvgIpc) is 2.18. The predicted molar refractivity (Wildman–Crippen MR) is 67.2 cm³/mol. The molecule has 0 N–H and O–H groups in total. The van der Waals surface area contributed by atoms with Gasteiger partial charge >= 0.3 is 0 Å². The van der Waals surface area contributed by atoms with Crippen molar-refractivity contribution in [2.45, 2.75) is 6.92 Å². The minimum Gasteiger partial charge on any atom is -0.384 e. The van der Waals surface area contributed by atoms with Gasteiger partial charge in [-0.1, -0.05) is 35.5 Å². The highest BCUT2D eigenvalue weighted by Crippen LogP contribution is 2.05. The number of allylic oxidation sites excluding steroid dienone is 5. The average molecular weight is 247 g/mol. The number of hydrogen-bond donors (Lipinski definition) is 0. The van der Waals surface area contributed by atoms with Gasteiger partial charge in [-0.2, -0.15) is 0 Å². The third kappa shape index (κ3) is 9.79. The Morgan fingerprint density at radius 1 is 1.47 bits per heavy atom. The number of methoxy groups -OCH3 is 1. The molecule has 0 spiro atoms. The molecule has 15 heavy (non-hydrogen) atoms. The molecule has 0 heterocycles. The van der Waals surface area contributed by atoms with Crippen LogP contribution in [0.15, 0.2) is 35.4 Å². The van der Waals surface area contributed by atoms with Crippen molar-refractivity contribution >= 4 is 28.5 Å². The predicted octanol–water partition coefficient (Wildman–Crippen LogP) is 3.15. The van der Waals surface area contributed by atoms with Gasteiger partial charge < -0.3 is 4.74 Å². The van der Waals surface area contributed by atoms with Crippen molar-refractivity contribution in [1.29, 1.82) is 0 Å². The quantitative estimate of drug-likeness (QED) is 0.409. The van der Waals surface area contributed by atoms with E-state index in [1.807, 2.05) is 13.0 Å². The smallest absolute Gasteiger partial charge is 0.212 e. The van der Waals surface area contributed by atoms with Crippen molar-refractivity contribution in [2.24, 2.45) is 0 Å². The molecule has 0 aromatic rings. The summed E-state index contributed by atoms with van der Waals surface area (Å²) >= 11 is 7.00. The van der Waals surface area contributed by atoms with Gasteiger partial charge in [0.2, 0.25) is 5.12 Å². The summed E-state index contributed by atoms with van der Waals surface area (Å²) in [5.41, 5.74) is 0. The summed E-state index contributed by atoms with van der Waals surface area (Å²) in [7, 11) is 1.61. The van der Waals surface area contributed by atoms with E-state index in [1.54, 1.807) is 25.3 Å². The highest BCUT2D eigenvalue weighted by Gasteiger charge is 1.95. The zero-order valence-corrected chi connectivity index (χ0v) is 10.5. The van der Waals surface area contributed by atoms with E-state index in [4.69, 9.17) is 16.3 Å². The highest BCUT2D eigenvalue weighted by molar-refractivity contribution is 8.14. The lowest BCUT2D eigenvalue weighted by molar-refractivity contribution is -0.107. The molecule has 0 radical (unpaired) electrons. The highest BCUT2D eigenvalue weighted by atomic mass is 35.5. The lowest BCUT2D eigenvalue weighted by Crippen LogP contribution is -1.95. The number of hydrogen-bond acceptors (Lipinski definition) is 3. The Kier molecular flexibility index (Phi) is 9.68. The summed E-state index contributed by atoms with van der Waals surface area (Å²) in [6, 6.07) is 0. The Labute approximate surface area is 100 Å². The van der Waals surface area contributed by atoms with Crippen LogP contribution in [0.25, 0.3) is 0 Å². The molecule has 0 amide bonds. The minimum atomic E-state index is 0.00763. The summed E-state index contributed by atoms with van der Waals surface area (Å²) < 4.78 is 4.83. The maximum absolute atomic E-state index is 11.2. The van der Waals surface area contributed by atoms with E-state index in [0.29, 0.717) is 17.4 Å². The monoisotopic (exact) mass is 246 g/mol. The SMILES string of the molecule is C\C=C/C(Cl)=C\C=C\C(=O)SCCOC. The molecule has 0 bridgehead atoms. The normalized spacial score (nSPS) is 12.9. The van der Waals surface area contributed by atoms with Gasteiger partial charge in [-0.05, 0) is 25.2 Å². The molecule has 0 saturated heterocycles. The molecular weight excluding hydrogens is 232 g/mol. The lowest BCUT2D eigenvalue weighted by Gasteiger charge is -1.94. The second kappa shape index (κ2) is 10.0. The zero-order chi connectivity index (χ0) is 11.5.